The number of nitrogens with zero attached hydrogens (tertiary/aromatic N) is 2. The van der Waals surface area contributed by atoms with Crippen molar-refractivity contribution in [1.29, 1.82) is 0 Å². The molecule has 1 aromatic heterocycles. The van der Waals surface area contributed by atoms with Crippen molar-refractivity contribution in [1.82, 2.24) is 9.97 Å². The first kappa shape index (κ1) is 10.4. The molecule has 1 aromatic rings. The average molecular weight is 207 g/mol. The summed E-state index contributed by atoms with van der Waals surface area (Å²) in [5, 5.41) is 0. The Hall–Kier alpha value is -1.16. The SMILES string of the molecule is Cc1cnc(OC2CCCC2CN)nc1. The minimum absolute atomic E-state index is 0.206. The second kappa shape index (κ2) is 4.57. The van der Waals surface area contributed by atoms with Gasteiger partial charge in [0.15, 0.2) is 0 Å². The molecule has 2 rings (SSSR count). The van der Waals surface area contributed by atoms with Crippen LogP contribution in [0.2, 0.25) is 0 Å². The van der Waals surface area contributed by atoms with Crippen LogP contribution in [0.3, 0.4) is 0 Å². The molecule has 4 nitrogen and oxygen atoms in total. The Morgan fingerprint density at radius 2 is 2.13 bits per heavy atom. The van der Waals surface area contributed by atoms with Crippen LogP contribution < -0.4 is 10.5 Å². The molecule has 1 heterocycles. The molecule has 4 heteroatoms. The first-order valence-corrected chi connectivity index (χ1v) is 5.45. The molecule has 2 N–H and O–H groups in total. The van der Waals surface area contributed by atoms with Crippen molar-refractivity contribution in [2.24, 2.45) is 11.7 Å². The molecule has 82 valence electrons. The zero-order chi connectivity index (χ0) is 10.7. The number of ether oxygens (including phenoxy) is 1. The predicted molar refractivity (Wildman–Crippen MR) is 57.6 cm³/mol. The largest absolute Gasteiger partial charge is 0.460 e. The molecule has 0 saturated heterocycles. The quantitative estimate of drug-likeness (QED) is 0.811. The average Bonchev–Trinajstić information content (AvgIpc) is 2.69. The third kappa shape index (κ3) is 2.45. The summed E-state index contributed by atoms with van der Waals surface area (Å²) in [5.41, 5.74) is 6.73. The number of hydrogen-bond donors (Lipinski definition) is 1. The first-order chi connectivity index (χ1) is 7.29. The minimum atomic E-state index is 0.206. The standard InChI is InChI=1S/C11H17N3O/c1-8-6-13-11(14-7-8)15-10-4-2-3-9(10)5-12/h6-7,9-10H,2-5,12H2,1H3. The van der Waals surface area contributed by atoms with Gasteiger partial charge in [0.1, 0.15) is 6.10 Å². The summed E-state index contributed by atoms with van der Waals surface area (Å²) in [6.07, 6.45) is 7.17. The lowest BCUT2D eigenvalue weighted by atomic mass is 10.1. The number of nitrogens with two attached hydrogens (primary N) is 1. The molecular formula is C11H17N3O. The molecule has 1 aliphatic carbocycles. The van der Waals surface area contributed by atoms with E-state index in [9.17, 15) is 0 Å². The van der Waals surface area contributed by atoms with E-state index in [2.05, 4.69) is 9.97 Å². The molecule has 1 fully saturated rings. The van der Waals surface area contributed by atoms with Gasteiger partial charge in [-0.25, -0.2) is 9.97 Å². The van der Waals surface area contributed by atoms with E-state index in [0.29, 0.717) is 18.5 Å². The van der Waals surface area contributed by atoms with Crippen LogP contribution in [-0.4, -0.2) is 22.6 Å². The van der Waals surface area contributed by atoms with Crippen LogP contribution in [-0.2, 0) is 0 Å². The molecule has 0 bridgehead atoms. The number of hydrogen-bond acceptors (Lipinski definition) is 4. The van der Waals surface area contributed by atoms with Crippen molar-refractivity contribution in [2.75, 3.05) is 6.54 Å². The van der Waals surface area contributed by atoms with Crippen LogP contribution in [0, 0.1) is 12.8 Å². The minimum Gasteiger partial charge on any atom is -0.460 e. The fraction of sp³-hybridized carbons (Fsp3) is 0.636. The highest BCUT2D eigenvalue weighted by Crippen LogP contribution is 2.27. The molecule has 15 heavy (non-hydrogen) atoms. The zero-order valence-electron chi connectivity index (χ0n) is 9.02. The van der Waals surface area contributed by atoms with Crippen LogP contribution in [0.5, 0.6) is 6.01 Å². The maximum Gasteiger partial charge on any atom is 0.316 e. The normalized spacial score (nSPS) is 25.5. The van der Waals surface area contributed by atoms with Gasteiger partial charge in [-0.3, -0.25) is 0 Å². The Morgan fingerprint density at radius 1 is 1.40 bits per heavy atom. The molecule has 0 amide bonds. The van der Waals surface area contributed by atoms with Gasteiger partial charge in [0.2, 0.25) is 0 Å². The summed E-state index contributed by atoms with van der Waals surface area (Å²) >= 11 is 0. The van der Waals surface area contributed by atoms with E-state index in [0.717, 1.165) is 18.4 Å². The Labute approximate surface area is 89.9 Å². The fourth-order valence-corrected chi connectivity index (χ4v) is 2.00. The Kier molecular flexibility index (Phi) is 3.16. The third-order valence-electron chi connectivity index (χ3n) is 2.91. The van der Waals surface area contributed by atoms with Gasteiger partial charge in [-0.1, -0.05) is 0 Å². The smallest absolute Gasteiger partial charge is 0.316 e. The number of aromatic nitrogens is 2. The van der Waals surface area contributed by atoms with Gasteiger partial charge in [-0.2, -0.15) is 0 Å². The highest BCUT2D eigenvalue weighted by atomic mass is 16.5. The maximum atomic E-state index is 5.73. The van der Waals surface area contributed by atoms with Gasteiger partial charge in [-0.05, 0) is 38.3 Å². The summed E-state index contributed by atoms with van der Waals surface area (Å²) in [4.78, 5) is 8.27. The molecular weight excluding hydrogens is 190 g/mol. The number of aryl methyl sites for hydroxylation is 1. The Bertz CT molecular complexity index is 312. The summed E-state index contributed by atoms with van der Waals surface area (Å²) in [7, 11) is 0. The third-order valence-corrected chi connectivity index (χ3v) is 2.91. The highest BCUT2D eigenvalue weighted by molar-refractivity contribution is 5.05. The van der Waals surface area contributed by atoms with Crippen LogP contribution in [0.25, 0.3) is 0 Å². The zero-order valence-corrected chi connectivity index (χ0v) is 9.02. The molecule has 0 spiro atoms. The lowest BCUT2D eigenvalue weighted by molar-refractivity contribution is 0.148. The van der Waals surface area contributed by atoms with E-state index in [-0.39, 0.29) is 6.10 Å². The van der Waals surface area contributed by atoms with Crippen molar-refractivity contribution < 1.29 is 4.74 Å². The molecule has 0 radical (unpaired) electrons. The van der Waals surface area contributed by atoms with Gasteiger partial charge in [0.05, 0.1) is 0 Å². The van der Waals surface area contributed by atoms with E-state index in [1.165, 1.54) is 6.42 Å². The van der Waals surface area contributed by atoms with Gasteiger partial charge < -0.3 is 10.5 Å². The van der Waals surface area contributed by atoms with Crippen LogP contribution in [0.1, 0.15) is 24.8 Å². The van der Waals surface area contributed by atoms with Crippen LogP contribution >= 0.6 is 0 Å². The van der Waals surface area contributed by atoms with Gasteiger partial charge in [0, 0.05) is 18.3 Å². The molecule has 2 atom stereocenters. The van der Waals surface area contributed by atoms with Crippen molar-refractivity contribution >= 4 is 0 Å². The van der Waals surface area contributed by atoms with Crippen molar-refractivity contribution in [2.45, 2.75) is 32.3 Å². The molecule has 0 aliphatic heterocycles. The van der Waals surface area contributed by atoms with E-state index >= 15 is 0 Å². The fourth-order valence-electron chi connectivity index (χ4n) is 2.00. The summed E-state index contributed by atoms with van der Waals surface area (Å²) in [6, 6.07) is 0.478. The van der Waals surface area contributed by atoms with Crippen LogP contribution in [0.15, 0.2) is 12.4 Å². The first-order valence-electron chi connectivity index (χ1n) is 5.45. The topological polar surface area (TPSA) is 61.0 Å². The second-order valence-corrected chi connectivity index (χ2v) is 4.13. The second-order valence-electron chi connectivity index (χ2n) is 4.13. The summed E-state index contributed by atoms with van der Waals surface area (Å²) < 4.78 is 5.73. The van der Waals surface area contributed by atoms with Gasteiger partial charge in [0.25, 0.3) is 0 Å². The van der Waals surface area contributed by atoms with Gasteiger partial charge in [-0.15, -0.1) is 0 Å². The van der Waals surface area contributed by atoms with E-state index < -0.39 is 0 Å². The lowest BCUT2D eigenvalue weighted by Crippen LogP contribution is -2.28. The monoisotopic (exact) mass is 207 g/mol. The van der Waals surface area contributed by atoms with E-state index in [1.54, 1.807) is 12.4 Å². The number of rotatable bonds is 3. The Balaban J connectivity index is 1.99. The van der Waals surface area contributed by atoms with Crippen molar-refractivity contribution in [3.8, 4) is 6.01 Å². The highest BCUT2D eigenvalue weighted by Gasteiger charge is 2.28. The van der Waals surface area contributed by atoms with E-state index in [1.807, 2.05) is 6.92 Å². The predicted octanol–water partition coefficient (Wildman–Crippen LogP) is 1.29. The molecule has 2 unspecified atom stereocenters. The summed E-state index contributed by atoms with van der Waals surface area (Å²) in [6.45, 7) is 2.65. The van der Waals surface area contributed by atoms with Crippen LogP contribution in [0.4, 0.5) is 0 Å². The van der Waals surface area contributed by atoms with Crippen molar-refractivity contribution in [3.63, 3.8) is 0 Å². The van der Waals surface area contributed by atoms with Crippen molar-refractivity contribution in [3.05, 3.63) is 18.0 Å². The van der Waals surface area contributed by atoms with E-state index in [4.69, 9.17) is 10.5 Å². The van der Waals surface area contributed by atoms with Gasteiger partial charge >= 0.3 is 6.01 Å². The molecule has 1 saturated carbocycles. The lowest BCUT2D eigenvalue weighted by Gasteiger charge is -2.18. The molecule has 1 aliphatic rings. The summed E-state index contributed by atoms with van der Waals surface area (Å²) in [5.74, 6) is 0.468. The Morgan fingerprint density at radius 3 is 2.80 bits per heavy atom. The maximum absolute atomic E-state index is 5.73. The molecule has 0 aromatic carbocycles.